The van der Waals surface area contributed by atoms with E-state index >= 15 is 0 Å². The van der Waals surface area contributed by atoms with Crippen LogP contribution in [0.1, 0.15) is 21.7 Å². The minimum atomic E-state index is 0.0295. The molecule has 0 amide bonds. The van der Waals surface area contributed by atoms with Gasteiger partial charge in [0.1, 0.15) is 16.3 Å². The van der Waals surface area contributed by atoms with Crippen molar-refractivity contribution < 1.29 is 9.15 Å². The molecule has 1 aliphatic heterocycles. The molecule has 1 atom stereocenters. The SMILES string of the molecule is Brc1cc2c(c(C(Br)c3ccco3)c1)OCC2. The fraction of sp³-hybridized carbons (Fsp3) is 0.231. The normalized spacial score (nSPS) is 15.4. The zero-order valence-corrected chi connectivity index (χ0v) is 12.1. The molecule has 0 N–H and O–H groups in total. The number of rotatable bonds is 2. The zero-order chi connectivity index (χ0) is 11.8. The van der Waals surface area contributed by atoms with Gasteiger partial charge in [-0.15, -0.1) is 0 Å². The molecule has 0 saturated heterocycles. The predicted octanol–water partition coefficient (Wildman–Crippen LogP) is 4.46. The molecule has 0 aliphatic carbocycles. The third kappa shape index (κ3) is 2.04. The number of benzene rings is 1. The summed E-state index contributed by atoms with van der Waals surface area (Å²) in [6.45, 7) is 0.761. The molecule has 0 bridgehead atoms. The smallest absolute Gasteiger partial charge is 0.127 e. The standard InChI is InChI=1S/C13H10Br2O2/c14-9-6-8-3-5-17-13(8)10(7-9)12(15)11-2-1-4-16-11/h1-2,4,6-7,12H,3,5H2. The molecule has 0 fully saturated rings. The summed E-state index contributed by atoms with van der Waals surface area (Å²) >= 11 is 7.21. The Labute approximate surface area is 116 Å². The Morgan fingerprint density at radius 1 is 1.29 bits per heavy atom. The lowest BCUT2D eigenvalue weighted by atomic mass is 10.0. The van der Waals surface area contributed by atoms with Gasteiger partial charge in [0.05, 0.1) is 12.9 Å². The largest absolute Gasteiger partial charge is 0.493 e. The van der Waals surface area contributed by atoms with Crippen molar-refractivity contribution in [1.29, 1.82) is 0 Å². The summed E-state index contributed by atoms with van der Waals surface area (Å²) in [7, 11) is 0. The molecular weight excluding hydrogens is 348 g/mol. The molecule has 0 radical (unpaired) electrons. The third-order valence-corrected chi connectivity index (χ3v) is 4.25. The predicted molar refractivity (Wildman–Crippen MR) is 72.8 cm³/mol. The summed E-state index contributed by atoms with van der Waals surface area (Å²) in [6.07, 6.45) is 2.66. The van der Waals surface area contributed by atoms with Gasteiger partial charge in [0, 0.05) is 16.5 Å². The fourth-order valence-corrected chi connectivity index (χ4v) is 3.20. The highest BCUT2D eigenvalue weighted by molar-refractivity contribution is 9.10. The van der Waals surface area contributed by atoms with E-state index in [-0.39, 0.29) is 4.83 Å². The molecule has 17 heavy (non-hydrogen) atoms. The van der Waals surface area contributed by atoms with Crippen molar-refractivity contribution in [1.82, 2.24) is 0 Å². The molecule has 1 aromatic heterocycles. The Morgan fingerprint density at radius 2 is 2.18 bits per heavy atom. The zero-order valence-electron chi connectivity index (χ0n) is 8.95. The summed E-state index contributed by atoms with van der Waals surface area (Å²) in [5.74, 6) is 1.88. The van der Waals surface area contributed by atoms with Crippen molar-refractivity contribution in [3.63, 3.8) is 0 Å². The van der Waals surface area contributed by atoms with Gasteiger partial charge in [0.2, 0.25) is 0 Å². The van der Waals surface area contributed by atoms with Gasteiger partial charge >= 0.3 is 0 Å². The first-order chi connectivity index (χ1) is 8.25. The maximum Gasteiger partial charge on any atom is 0.127 e. The lowest BCUT2D eigenvalue weighted by Gasteiger charge is -2.13. The van der Waals surface area contributed by atoms with Gasteiger partial charge in [0.15, 0.2) is 0 Å². The van der Waals surface area contributed by atoms with Crippen LogP contribution in [0, 0.1) is 0 Å². The summed E-state index contributed by atoms with van der Waals surface area (Å²) in [4.78, 5) is 0.0295. The Balaban J connectivity index is 2.09. The highest BCUT2D eigenvalue weighted by atomic mass is 79.9. The van der Waals surface area contributed by atoms with E-state index in [0.717, 1.165) is 34.6 Å². The first kappa shape index (κ1) is 11.4. The molecule has 2 nitrogen and oxygen atoms in total. The van der Waals surface area contributed by atoms with Crippen LogP contribution in [0.5, 0.6) is 5.75 Å². The van der Waals surface area contributed by atoms with E-state index in [1.54, 1.807) is 6.26 Å². The van der Waals surface area contributed by atoms with Gasteiger partial charge in [-0.3, -0.25) is 0 Å². The second-order valence-electron chi connectivity index (χ2n) is 3.96. The molecule has 88 valence electrons. The van der Waals surface area contributed by atoms with E-state index in [2.05, 4.69) is 44.0 Å². The van der Waals surface area contributed by atoms with E-state index in [1.807, 2.05) is 12.1 Å². The quantitative estimate of drug-likeness (QED) is 0.740. The van der Waals surface area contributed by atoms with E-state index < -0.39 is 0 Å². The van der Waals surface area contributed by atoms with Crippen molar-refractivity contribution in [3.05, 3.63) is 51.9 Å². The highest BCUT2D eigenvalue weighted by Crippen LogP contribution is 2.42. The van der Waals surface area contributed by atoms with E-state index in [4.69, 9.17) is 9.15 Å². The Bertz CT molecular complexity index is 535. The first-order valence-electron chi connectivity index (χ1n) is 5.38. The van der Waals surface area contributed by atoms with Gasteiger partial charge in [-0.1, -0.05) is 31.9 Å². The average molecular weight is 358 g/mol. The first-order valence-corrected chi connectivity index (χ1v) is 7.09. The van der Waals surface area contributed by atoms with Crippen molar-refractivity contribution in [2.45, 2.75) is 11.2 Å². The number of fused-ring (bicyclic) bond motifs is 1. The fourth-order valence-electron chi connectivity index (χ4n) is 2.07. The van der Waals surface area contributed by atoms with Gasteiger partial charge in [0.25, 0.3) is 0 Å². The Kier molecular flexibility index (Phi) is 3.01. The van der Waals surface area contributed by atoms with E-state index in [9.17, 15) is 0 Å². The number of ether oxygens (including phenoxy) is 1. The Hall–Kier alpha value is -0.740. The molecule has 2 aromatic rings. The molecule has 2 heterocycles. The third-order valence-electron chi connectivity index (χ3n) is 2.84. The number of hydrogen-bond donors (Lipinski definition) is 0. The summed E-state index contributed by atoms with van der Waals surface area (Å²) < 4.78 is 12.2. The number of halogens is 2. The molecule has 0 spiro atoms. The van der Waals surface area contributed by atoms with Gasteiger partial charge in [-0.05, 0) is 29.8 Å². The van der Waals surface area contributed by atoms with Gasteiger partial charge < -0.3 is 9.15 Å². The minimum Gasteiger partial charge on any atom is -0.493 e. The lowest BCUT2D eigenvalue weighted by molar-refractivity contribution is 0.353. The van der Waals surface area contributed by atoms with E-state index in [0.29, 0.717) is 0 Å². The number of alkyl halides is 1. The maximum absolute atomic E-state index is 5.71. The van der Waals surface area contributed by atoms with Crippen LogP contribution in [0.4, 0.5) is 0 Å². The molecule has 1 aliphatic rings. The van der Waals surface area contributed by atoms with Crippen LogP contribution in [0.15, 0.2) is 39.4 Å². The van der Waals surface area contributed by atoms with Crippen molar-refractivity contribution in [2.75, 3.05) is 6.61 Å². The van der Waals surface area contributed by atoms with Crippen LogP contribution < -0.4 is 4.74 Å². The monoisotopic (exact) mass is 356 g/mol. The van der Waals surface area contributed by atoms with Crippen molar-refractivity contribution >= 4 is 31.9 Å². The molecular formula is C13H10Br2O2. The number of furan rings is 1. The lowest BCUT2D eigenvalue weighted by Crippen LogP contribution is -1.96. The van der Waals surface area contributed by atoms with Crippen molar-refractivity contribution in [3.8, 4) is 5.75 Å². The van der Waals surface area contributed by atoms with Gasteiger partial charge in [-0.25, -0.2) is 0 Å². The molecule has 1 aromatic carbocycles. The average Bonchev–Trinajstić information content (AvgIpc) is 2.97. The van der Waals surface area contributed by atoms with Gasteiger partial charge in [-0.2, -0.15) is 0 Å². The number of hydrogen-bond acceptors (Lipinski definition) is 2. The van der Waals surface area contributed by atoms with Crippen LogP contribution in [-0.4, -0.2) is 6.61 Å². The summed E-state index contributed by atoms with van der Waals surface area (Å²) in [5, 5.41) is 0. The van der Waals surface area contributed by atoms with Crippen LogP contribution in [0.3, 0.4) is 0 Å². The summed E-state index contributed by atoms with van der Waals surface area (Å²) in [5.41, 5.74) is 2.37. The van der Waals surface area contributed by atoms with Crippen LogP contribution in [0.25, 0.3) is 0 Å². The summed E-state index contributed by atoms with van der Waals surface area (Å²) in [6, 6.07) is 8.05. The second-order valence-corrected chi connectivity index (χ2v) is 5.79. The molecule has 0 saturated carbocycles. The van der Waals surface area contributed by atoms with Crippen LogP contribution in [-0.2, 0) is 6.42 Å². The molecule has 1 unspecified atom stereocenters. The topological polar surface area (TPSA) is 22.4 Å². The van der Waals surface area contributed by atoms with E-state index in [1.165, 1.54) is 5.56 Å². The minimum absolute atomic E-state index is 0.0295. The maximum atomic E-state index is 5.71. The highest BCUT2D eigenvalue weighted by Gasteiger charge is 2.24. The Morgan fingerprint density at radius 3 is 2.94 bits per heavy atom. The second kappa shape index (κ2) is 4.50. The van der Waals surface area contributed by atoms with Crippen molar-refractivity contribution in [2.24, 2.45) is 0 Å². The van der Waals surface area contributed by atoms with Crippen LogP contribution >= 0.6 is 31.9 Å². The van der Waals surface area contributed by atoms with Crippen LogP contribution in [0.2, 0.25) is 0 Å². The molecule has 4 heteroatoms. The molecule has 3 rings (SSSR count).